The molecule has 1 N–H and O–H groups in total. The van der Waals surface area contributed by atoms with E-state index in [0.29, 0.717) is 41.0 Å². The van der Waals surface area contributed by atoms with Crippen LogP contribution in [0.5, 0.6) is 5.75 Å². The average Bonchev–Trinajstić information content (AvgIpc) is 2.59. The predicted molar refractivity (Wildman–Crippen MR) is 95.8 cm³/mol. The van der Waals surface area contributed by atoms with Crippen LogP contribution in [0, 0.1) is 0 Å². The van der Waals surface area contributed by atoms with Crippen LogP contribution in [0.4, 0.5) is 0 Å². The first-order valence-electron chi connectivity index (χ1n) is 7.37. The van der Waals surface area contributed by atoms with Crippen molar-refractivity contribution in [1.82, 2.24) is 10.4 Å². The lowest BCUT2D eigenvalue weighted by molar-refractivity contribution is -0.121. The summed E-state index contributed by atoms with van der Waals surface area (Å²) in [6.07, 6.45) is 4.22. The van der Waals surface area contributed by atoms with Gasteiger partial charge in [-0.05, 0) is 37.6 Å². The second-order valence-electron chi connectivity index (χ2n) is 5.00. The van der Waals surface area contributed by atoms with Gasteiger partial charge in [-0.2, -0.15) is 5.10 Å². The summed E-state index contributed by atoms with van der Waals surface area (Å²) in [6.45, 7) is 2.18. The molecular formula is C17H17Cl2N3O2. The molecule has 0 saturated carbocycles. The summed E-state index contributed by atoms with van der Waals surface area (Å²) in [7, 11) is 0. The van der Waals surface area contributed by atoms with E-state index in [4.69, 9.17) is 27.9 Å². The van der Waals surface area contributed by atoms with E-state index in [1.165, 1.54) is 0 Å². The zero-order valence-electron chi connectivity index (χ0n) is 13.1. The minimum absolute atomic E-state index is 0.177. The van der Waals surface area contributed by atoms with Crippen molar-refractivity contribution in [2.45, 2.75) is 19.8 Å². The van der Waals surface area contributed by atoms with Gasteiger partial charge in [0.25, 0.3) is 0 Å². The Morgan fingerprint density at radius 2 is 2.17 bits per heavy atom. The van der Waals surface area contributed by atoms with Crippen molar-refractivity contribution in [1.29, 1.82) is 0 Å². The number of ether oxygens (including phenoxy) is 1. The molecule has 7 heteroatoms. The summed E-state index contributed by atoms with van der Waals surface area (Å²) in [6, 6.07) is 8.70. The normalized spacial score (nSPS) is 11.2. The molecule has 0 atom stereocenters. The molecule has 0 aliphatic rings. The van der Waals surface area contributed by atoms with Crippen LogP contribution in [0.25, 0.3) is 0 Å². The quantitative estimate of drug-likeness (QED) is 0.456. The second-order valence-corrected chi connectivity index (χ2v) is 5.84. The summed E-state index contributed by atoms with van der Waals surface area (Å²) in [5.41, 5.74) is 4.08. The molecule has 1 amide bonds. The number of halogens is 2. The second kappa shape index (κ2) is 9.25. The van der Waals surface area contributed by atoms with Crippen molar-refractivity contribution in [2.75, 3.05) is 6.61 Å². The first kappa shape index (κ1) is 18.2. The predicted octanol–water partition coefficient (Wildman–Crippen LogP) is 4.09. The Balaban J connectivity index is 1.72. The van der Waals surface area contributed by atoms with Gasteiger partial charge in [-0.15, -0.1) is 0 Å². The van der Waals surface area contributed by atoms with Gasteiger partial charge >= 0.3 is 0 Å². The monoisotopic (exact) mass is 365 g/mol. The summed E-state index contributed by atoms with van der Waals surface area (Å²) < 4.78 is 5.52. The number of amides is 1. The number of hydrogen-bond acceptors (Lipinski definition) is 4. The van der Waals surface area contributed by atoms with Gasteiger partial charge in [-0.25, -0.2) is 5.43 Å². The summed E-state index contributed by atoms with van der Waals surface area (Å²) in [5.74, 6) is 0.371. The van der Waals surface area contributed by atoms with Crippen molar-refractivity contribution in [3.05, 3.63) is 58.3 Å². The van der Waals surface area contributed by atoms with Crippen LogP contribution in [-0.4, -0.2) is 23.2 Å². The smallest absolute Gasteiger partial charge is 0.240 e. The third-order valence-electron chi connectivity index (χ3n) is 3.13. The Labute approximate surface area is 150 Å². The largest absolute Gasteiger partial charge is 0.492 e. The highest BCUT2D eigenvalue weighted by Gasteiger charge is 2.04. The van der Waals surface area contributed by atoms with Gasteiger partial charge in [-0.3, -0.25) is 9.78 Å². The molecule has 0 bridgehead atoms. The summed E-state index contributed by atoms with van der Waals surface area (Å²) in [4.78, 5) is 15.8. The number of pyridine rings is 1. The van der Waals surface area contributed by atoms with Crippen molar-refractivity contribution in [2.24, 2.45) is 5.10 Å². The fraction of sp³-hybridized carbons (Fsp3) is 0.235. The number of hydrogen-bond donors (Lipinski definition) is 1. The summed E-state index contributed by atoms with van der Waals surface area (Å²) in [5, 5.41) is 5.05. The molecule has 2 rings (SSSR count). The standard InChI is InChI=1S/C17H17Cl2N3O2/c1-12(13-4-2-8-20-11-13)21-22-17(23)5-3-9-24-16-7-6-14(18)10-15(16)19/h2,4,6-8,10-11H,3,5,9H2,1H3,(H,22,23). The Kier molecular flexibility index (Phi) is 7.03. The van der Waals surface area contributed by atoms with Crippen LogP contribution in [0.3, 0.4) is 0 Å². The van der Waals surface area contributed by atoms with Crippen molar-refractivity contribution in [3.8, 4) is 5.75 Å². The molecule has 1 heterocycles. The van der Waals surface area contributed by atoms with Crippen LogP contribution in [0.2, 0.25) is 10.0 Å². The van der Waals surface area contributed by atoms with Crippen molar-refractivity contribution >= 4 is 34.8 Å². The maximum Gasteiger partial charge on any atom is 0.240 e. The van der Waals surface area contributed by atoms with Crippen LogP contribution < -0.4 is 10.2 Å². The van der Waals surface area contributed by atoms with E-state index in [9.17, 15) is 4.79 Å². The number of rotatable bonds is 7. The Bertz CT molecular complexity index is 721. The van der Waals surface area contributed by atoms with Crippen LogP contribution >= 0.6 is 23.2 Å². The maximum absolute atomic E-state index is 11.8. The first-order valence-corrected chi connectivity index (χ1v) is 8.13. The number of carbonyl (C=O) groups is 1. The van der Waals surface area contributed by atoms with E-state index in [0.717, 1.165) is 5.56 Å². The SMILES string of the molecule is CC(=NNC(=O)CCCOc1ccc(Cl)cc1Cl)c1cccnc1. The molecule has 24 heavy (non-hydrogen) atoms. The van der Waals surface area contributed by atoms with Gasteiger partial charge in [0.1, 0.15) is 5.75 Å². The molecule has 2 aromatic rings. The Morgan fingerprint density at radius 3 is 2.88 bits per heavy atom. The van der Waals surface area contributed by atoms with Crippen molar-refractivity contribution in [3.63, 3.8) is 0 Å². The zero-order valence-corrected chi connectivity index (χ0v) is 14.6. The fourth-order valence-corrected chi connectivity index (χ4v) is 2.31. The highest BCUT2D eigenvalue weighted by Crippen LogP contribution is 2.27. The lowest BCUT2D eigenvalue weighted by Crippen LogP contribution is -2.19. The van der Waals surface area contributed by atoms with Crippen LogP contribution in [0.1, 0.15) is 25.3 Å². The number of carbonyl (C=O) groups excluding carboxylic acids is 1. The fourth-order valence-electron chi connectivity index (χ4n) is 1.85. The molecule has 0 unspecified atom stereocenters. The van der Waals surface area contributed by atoms with Crippen LogP contribution in [-0.2, 0) is 4.79 Å². The van der Waals surface area contributed by atoms with E-state index < -0.39 is 0 Å². The van der Waals surface area contributed by atoms with E-state index in [1.807, 2.05) is 19.1 Å². The molecule has 0 fully saturated rings. The minimum atomic E-state index is -0.177. The van der Waals surface area contributed by atoms with Crippen molar-refractivity contribution < 1.29 is 9.53 Å². The van der Waals surface area contributed by atoms with Gasteiger partial charge in [0.05, 0.1) is 17.3 Å². The van der Waals surface area contributed by atoms with Gasteiger partial charge in [0.2, 0.25) is 5.91 Å². The van der Waals surface area contributed by atoms with E-state index >= 15 is 0 Å². The van der Waals surface area contributed by atoms with E-state index in [1.54, 1.807) is 30.6 Å². The number of benzene rings is 1. The molecule has 0 saturated heterocycles. The first-order chi connectivity index (χ1) is 11.6. The molecule has 0 aliphatic carbocycles. The minimum Gasteiger partial charge on any atom is -0.492 e. The maximum atomic E-state index is 11.8. The van der Waals surface area contributed by atoms with E-state index in [2.05, 4.69) is 15.5 Å². The van der Waals surface area contributed by atoms with Gasteiger partial charge in [-0.1, -0.05) is 29.3 Å². The zero-order chi connectivity index (χ0) is 17.4. The highest BCUT2D eigenvalue weighted by molar-refractivity contribution is 6.35. The molecule has 1 aromatic carbocycles. The molecule has 1 aromatic heterocycles. The van der Waals surface area contributed by atoms with Crippen LogP contribution in [0.15, 0.2) is 47.8 Å². The Hall–Kier alpha value is -2.11. The number of aromatic nitrogens is 1. The molecule has 0 aliphatic heterocycles. The Morgan fingerprint density at radius 1 is 1.33 bits per heavy atom. The molecule has 0 radical (unpaired) electrons. The average molecular weight is 366 g/mol. The van der Waals surface area contributed by atoms with E-state index in [-0.39, 0.29) is 5.91 Å². The molecular weight excluding hydrogens is 349 g/mol. The number of hydrazone groups is 1. The lowest BCUT2D eigenvalue weighted by Gasteiger charge is -2.08. The molecule has 0 spiro atoms. The topological polar surface area (TPSA) is 63.6 Å². The number of nitrogens with zero attached hydrogens (tertiary/aromatic N) is 2. The van der Waals surface area contributed by atoms with Gasteiger partial charge < -0.3 is 4.74 Å². The lowest BCUT2D eigenvalue weighted by atomic mass is 10.2. The highest BCUT2D eigenvalue weighted by atomic mass is 35.5. The van der Waals surface area contributed by atoms with Gasteiger partial charge in [0, 0.05) is 29.4 Å². The molecule has 5 nitrogen and oxygen atoms in total. The van der Waals surface area contributed by atoms with Gasteiger partial charge in [0.15, 0.2) is 0 Å². The summed E-state index contributed by atoms with van der Waals surface area (Å²) >= 11 is 11.8. The third-order valence-corrected chi connectivity index (χ3v) is 3.66. The third kappa shape index (κ3) is 5.83. The number of nitrogens with one attached hydrogen (secondary N) is 1. The molecule has 126 valence electrons.